The number of aliphatic hydroxyl groups is 1. The number of thiophene rings is 1. The number of ether oxygens (including phenoxy) is 1. The van der Waals surface area contributed by atoms with Crippen molar-refractivity contribution in [1.29, 1.82) is 5.26 Å². The van der Waals surface area contributed by atoms with E-state index >= 15 is 0 Å². The SMILES string of the molecule is Cc1oc(CO)cc1C(=O)OCC(=O)Nc1sccc1C#N. The Morgan fingerprint density at radius 1 is 1.55 bits per heavy atom. The highest BCUT2D eigenvalue weighted by Crippen LogP contribution is 2.22. The average Bonchev–Trinajstić information content (AvgIpc) is 3.10. The van der Waals surface area contributed by atoms with Crippen LogP contribution in [-0.4, -0.2) is 23.6 Å². The Kier molecular flexibility index (Phi) is 4.93. The largest absolute Gasteiger partial charge is 0.463 e. The summed E-state index contributed by atoms with van der Waals surface area (Å²) in [5.74, 6) is -0.718. The van der Waals surface area contributed by atoms with Crippen molar-refractivity contribution in [2.45, 2.75) is 13.5 Å². The number of esters is 1. The monoisotopic (exact) mass is 320 g/mol. The minimum Gasteiger partial charge on any atom is -0.463 e. The molecule has 7 nitrogen and oxygen atoms in total. The third kappa shape index (κ3) is 3.52. The maximum atomic E-state index is 11.8. The summed E-state index contributed by atoms with van der Waals surface area (Å²) >= 11 is 1.20. The Labute approximate surface area is 129 Å². The standard InChI is InChI=1S/C14H12N2O5S/c1-8-11(4-10(6-17)21-8)14(19)20-7-12(18)16-13-9(5-15)2-3-22-13/h2-4,17H,6-7H2,1H3,(H,16,18). The van der Waals surface area contributed by atoms with Gasteiger partial charge in [0.25, 0.3) is 5.91 Å². The van der Waals surface area contributed by atoms with Crippen LogP contribution in [0, 0.1) is 18.3 Å². The van der Waals surface area contributed by atoms with Gasteiger partial charge >= 0.3 is 5.97 Å². The van der Waals surface area contributed by atoms with Crippen molar-refractivity contribution >= 4 is 28.2 Å². The highest BCUT2D eigenvalue weighted by molar-refractivity contribution is 7.14. The van der Waals surface area contributed by atoms with Crippen LogP contribution in [0.3, 0.4) is 0 Å². The van der Waals surface area contributed by atoms with Crippen LogP contribution in [0.15, 0.2) is 21.9 Å². The number of carbonyl (C=O) groups excluding carboxylic acids is 2. The number of nitrogens with one attached hydrogen (secondary N) is 1. The maximum Gasteiger partial charge on any atom is 0.342 e. The molecule has 2 heterocycles. The fraction of sp³-hybridized carbons (Fsp3) is 0.214. The molecule has 22 heavy (non-hydrogen) atoms. The zero-order valence-electron chi connectivity index (χ0n) is 11.6. The molecule has 2 N–H and O–H groups in total. The van der Waals surface area contributed by atoms with Gasteiger partial charge in [0.2, 0.25) is 0 Å². The van der Waals surface area contributed by atoms with Crippen molar-refractivity contribution in [3.8, 4) is 6.07 Å². The summed E-state index contributed by atoms with van der Waals surface area (Å²) in [6, 6.07) is 4.88. The molecule has 0 spiro atoms. The molecule has 1 amide bonds. The molecule has 0 unspecified atom stereocenters. The molecule has 8 heteroatoms. The Morgan fingerprint density at radius 3 is 2.95 bits per heavy atom. The van der Waals surface area contributed by atoms with Gasteiger partial charge in [-0.1, -0.05) is 0 Å². The van der Waals surface area contributed by atoms with E-state index < -0.39 is 18.5 Å². The van der Waals surface area contributed by atoms with Gasteiger partial charge < -0.3 is 19.6 Å². The molecule has 0 bridgehead atoms. The van der Waals surface area contributed by atoms with Crippen molar-refractivity contribution < 1.29 is 23.8 Å². The summed E-state index contributed by atoms with van der Waals surface area (Å²) in [6.07, 6.45) is 0. The van der Waals surface area contributed by atoms with E-state index in [1.165, 1.54) is 17.4 Å². The molecule has 0 aromatic carbocycles. The van der Waals surface area contributed by atoms with Crippen LogP contribution >= 0.6 is 11.3 Å². The van der Waals surface area contributed by atoms with Crippen molar-refractivity contribution in [1.82, 2.24) is 0 Å². The molecule has 0 radical (unpaired) electrons. The highest BCUT2D eigenvalue weighted by atomic mass is 32.1. The fourth-order valence-corrected chi connectivity index (χ4v) is 2.44. The third-order valence-corrected chi connectivity index (χ3v) is 3.55. The lowest BCUT2D eigenvalue weighted by Gasteiger charge is -2.04. The van der Waals surface area contributed by atoms with Crippen LogP contribution in [0.25, 0.3) is 0 Å². The molecule has 0 aliphatic rings. The molecule has 2 aromatic heterocycles. The Bertz CT molecular complexity index is 741. The van der Waals surface area contributed by atoms with Crippen LogP contribution in [0.2, 0.25) is 0 Å². The number of aryl methyl sites for hydroxylation is 1. The zero-order valence-corrected chi connectivity index (χ0v) is 12.4. The first kappa shape index (κ1) is 15.8. The van der Waals surface area contributed by atoms with E-state index in [4.69, 9.17) is 19.5 Å². The number of anilines is 1. The molecular formula is C14H12N2O5S. The molecule has 0 aliphatic carbocycles. The van der Waals surface area contributed by atoms with Crippen LogP contribution in [0.5, 0.6) is 0 Å². The Hall–Kier alpha value is -2.63. The molecule has 0 fully saturated rings. The first-order valence-electron chi connectivity index (χ1n) is 6.20. The Morgan fingerprint density at radius 2 is 2.32 bits per heavy atom. The number of amides is 1. The molecule has 2 rings (SSSR count). The van der Waals surface area contributed by atoms with Crippen LogP contribution in [-0.2, 0) is 16.1 Å². The lowest BCUT2D eigenvalue weighted by Crippen LogP contribution is -2.20. The van der Waals surface area contributed by atoms with Crippen LogP contribution in [0.4, 0.5) is 5.00 Å². The summed E-state index contributed by atoms with van der Waals surface area (Å²) in [5, 5.41) is 22.3. The van der Waals surface area contributed by atoms with Crippen LogP contribution in [0.1, 0.15) is 27.4 Å². The Balaban J connectivity index is 1.92. The second kappa shape index (κ2) is 6.89. The number of nitriles is 1. The normalized spacial score (nSPS) is 10.0. The average molecular weight is 320 g/mol. The highest BCUT2D eigenvalue weighted by Gasteiger charge is 2.18. The number of hydrogen-bond donors (Lipinski definition) is 2. The van der Waals surface area contributed by atoms with E-state index in [1.54, 1.807) is 18.4 Å². The topological polar surface area (TPSA) is 113 Å². The summed E-state index contributed by atoms with van der Waals surface area (Å²) in [4.78, 5) is 23.5. The second-order valence-electron chi connectivity index (χ2n) is 4.24. The molecule has 0 saturated heterocycles. The number of hydrogen-bond acceptors (Lipinski definition) is 7. The van der Waals surface area contributed by atoms with E-state index in [1.807, 2.05) is 6.07 Å². The second-order valence-corrected chi connectivity index (χ2v) is 5.16. The van der Waals surface area contributed by atoms with E-state index in [-0.39, 0.29) is 17.9 Å². The predicted molar refractivity (Wildman–Crippen MR) is 77.3 cm³/mol. The van der Waals surface area contributed by atoms with Gasteiger partial charge in [0.1, 0.15) is 34.8 Å². The van der Waals surface area contributed by atoms with E-state index in [0.29, 0.717) is 16.3 Å². The lowest BCUT2D eigenvalue weighted by atomic mass is 10.2. The van der Waals surface area contributed by atoms with Gasteiger partial charge in [-0.3, -0.25) is 4.79 Å². The smallest absolute Gasteiger partial charge is 0.342 e. The number of aliphatic hydroxyl groups excluding tert-OH is 1. The predicted octanol–water partition coefficient (Wildman–Crippen LogP) is 1.81. The van der Waals surface area contributed by atoms with Crippen molar-refractivity contribution in [2.75, 3.05) is 11.9 Å². The maximum absolute atomic E-state index is 11.8. The molecule has 0 aliphatic heterocycles. The quantitative estimate of drug-likeness (QED) is 0.812. The zero-order chi connectivity index (χ0) is 16.1. The molecule has 2 aromatic rings. The van der Waals surface area contributed by atoms with Gasteiger partial charge in [-0.2, -0.15) is 5.26 Å². The van der Waals surface area contributed by atoms with Gasteiger partial charge in [0.15, 0.2) is 6.61 Å². The first-order valence-corrected chi connectivity index (χ1v) is 7.08. The van der Waals surface area contributed by atoms with Crippen molar-refractivity contribution in [2.24, 2.45) is 0 Å². The van der Waals surface area contributed by atoms with E-state index in [9.17, 15) is 9.59 Å². The van der Waals surface area contributed by atoms with Crippen molar-refractivity contribution in [3.63, 3.8) is 0 Å². The van der Waals surface area contributed by atoms with E-state index in [0.717, 1.165) is 0 Å². The minimum absolute atomic E-state index is 0.158. The molecular weight excluding hydrogens is 308 g/mol. The minimum atomic E-state index is -0.720. The summed E-state index contributed by atoms with van der Waals surface area (Å²) in [7, 11) is 0. The molecule has 0 atom stereocenters. The molecule has 114 valence electrons. The van der Waals surface area contributed by atoms with Gasteiger partial charge in [0.05, 0.1) is 5.56 Å². The first-order chi connectivity index (χ1) is 10.5. The summed E-state index contributed by atoms with van der Waals surface area (Å²) in [5.41, 5.74) is 0.508. The van der Waals surface area contributed by atoms with Gasteiger partial charge in [-0.15, -0.1) is 11.3 Å². The molecule has 0 saturated carbocycles. The third-order valence-electron chi connectivity index (χ3n) is 2.72. The van der Waals surface area contributed by atoms with Gasteiger partial charge in [-0.25, -0.2) is 4.79 Å². The summed E-state index contributed by atoms with van der Waals surface area (Å²) < 4.78 is 10.0. The van der Waals surface area contributed by atoms with Crippen molar-refractivity contribution in [3.05, 3.63) is 40.2 Å². The van der Waals surface area contributed by atoms with E-state index in [2.05, 4.69) is 5.32 Å². The fourth-order valence-electron chi connectivity index (χ4n) is 1.69. The summed E-state index contributed by atoms with van der Waals surface area (Å²) in [6.45, 7) is 0.741. The number of rotatable bonds is 5. The number of carbonyl (C=O) groups is 2. The number of furan rings is 1. The van der Waals surface area contributed by atoms with Crippen LogP contribution < -0.4 is 5.32 Å². The number of nitrogens with zero attached hydrogens (tertiary/aromatic N) is 1. The van der Waals surface area contributed by atoms with Gasteiger partial charge in [-0.05, 0) is 24.4 Å². The van der Waals surface area contributed by atoms with Gasteiger partial charge in [0, 0.05) is 0 Å². The lowest BCUT2D eigenvalue weighted by molar-refractivity contribution is -0.119.